The van der Waals surface area contributed by atoms with Gasteiger partial charge in [0.05, 0.1) is 13.0 Å². The Balaban J connectivity index is 1.12. The molecule has 202 valence electrons. The molecule has 3 aliphatic rings. The number of rotatable bonds is 7. The average molecular weight is 522 g/mol. The summed E-state index contributed by atoms with van der Waals surface area (Å²) in [5, 5.41) is 5.69. The van der Waals surface area contributed by atoms with Crippen LogP contribution in [0.5, 0.6) is 11.5 Å². The second-order valence-corrected chi connectivity index (χ2v) is 10.3. The van der Waals surface area contributed by atoms with Gasteiger partial charge in [0.2, 0.25) is 24.5 Å². The molecule has 1 atom stereocenters. The Bertz CT molecular complexity index is 1190. The molecular weight excluding hydrogens is 486 g/mol. The molecule has 3 aliphatic heterocycles. The lowest BCUT2D eigenvalue weighted by Gasteiger charge is -2.38. The van der Waals surface area contributed by atoms with Crippen LogP contribution < -0.4 is 20.1 Å². The zero-order chi connectivity index (χ0) is 26.6. The molecule has 2 N–H and O–H groups in total. The van der Waals surface area contributed by atoms with Gasteiger partial charge in [-0.05, 0) is 54.8 Å². The largest absolute Gasteiger partial charge is 0.454 e. The Labute approximate surface area is 222 Å². The summed E-state index contributed by atoms with van der Waals surface area (Å²) in [6, 6.07) is 11.0. The molecular formula is C28H35N5O5. The molecule has 0 aromatic heterocycles. The summed E-state index contributed by atoms with van der Waals surface area (Å²) in [7, 11) is 0. The van der Waals surface area contributed by atoms with Crippen molar-refractivity contribution in [3.8, 4) is 11.5 Å². The minimum absolute atomic E-state index is 0.0755. The molecule has 0 spiro atoms. The van der Waals surface area contributed by atoms with Crippen molar-refractivity contribution in [1.29, 1.82) is 0 Å². The topological polar surface area (TPSA) is 103 Å². The lowest BCUT2D eigenvalue weighted by atomic mass is 10.1. The van der Waals surface area contributed by atoms with E-state index in [4.69, 9.17) is 9.47 Å². The number of fused-ring (bicyclic) bond motifs is 1. The molecule has 2 fully saturated rings. The number of piperazine rings is 2. The molecule has 5 rings (SSSR count). The second-order valence-electron chi connectivity index (χ2n) is 10.3. The van der Waals surface area contributed by atoms with Gasteiger partial charge in [-0.15, -0.1) is 0 Å². The van der Waals surface area contributed by atoms with Crippen LogP contribution in [0.15, 0.2) is 36.4 Å². The number of aryl methyl sites for hydroxylation is 2. The first kappa shape index (κ1) is 26.0. The Kier molecular flexibility index (Phi) is 7.80. The van der Waals surface area contributed by atoms with Crippen molar-refractivity contribution >= 4 is 23.4 Å². The lowest BCUT2D eigenvalue weighted by molar-refractivity contribution is -0.145. The van der Waals surface area contributed by atoms with Gasteiger partial charge in [-0.25, -0.2) is 0 Å². The Hall–Kier alpha value is -3.63. The number of hydrogen-bond acceptors (Lipinski definition) is 7. The lowest BCUT2D eigenvalue weighted by Crippen LogP contribution is -2.60. The fraction of sp³-hybridized carbons (Fsp3) is 0.464. The summed E-state index contributed by atoms with van der Waals surface area (Å²) in [5.74, 6) is 0.882. The van der Waals surface area contributed by atoms with Crippen LogP contribution in [-0.2, 0) is 20.9 Å². The number of benzene rings is 2. The average Bonchev–Trinajstić information content (AvgIpc) is 3.34. The van der Waals surface area contributed by atoms with E-state index in [9.17, 15) is 14.4 Å². The van der Waals surface area contributed by atoms with Crippen LogP contribution >= 0.6 is 0 Å². The zero-order valence-electron chi connectivity index (χ0n) is 22.0. The van der Waals surface area contributed by atoms with Crippen LogP contribution in [0.3, 0.4) is 0 Å². The maximum Gasteiger partial charge on any atom is 0.243 e. The van der Waals surface area contributed by atoms with E-state index >= 15 is 0 Å². The summed E-state index contributed by atoms with van der Waals surface area (Å²) in [6.45, 7) is 9.23. The van der Waals surface area contributed by atoms with Crippen molar-refractivity contribution in [2.75, 3.05) is 57.9 Å². The number of carbonyl (C=O) groups is 3. The van der Waals surface area contributed by atoms with Crippen LogP contribution in [0.2, 0.25) is 0 Å². The van der Waals surface area contributed by atoms with E-state index in [1.165, 1.54) is 5.56 Å². The monoisotopic (exact) mass is 521 g/mol. The van der Waals surface area contributed by atoms with E-state index in [0.29, 0.717) is 18.8 Å². The molecule has 38 heavy (non-hydrogen) atoms. The number of ether oxygens (including phenoxy) is 2. The van der Waals surface area contributed by atoms with Gasteiger partial charge in [0, 0.05) is 51.5 Å². The molecule has 2 saturated heterocycles. The fourth-order valence-electron chi connectivity index (χ4n) is 5.34. The first-order valence-corrected chi connectivity index (χ1v) is 13.1. The quantitative estimate of drug-likeness (QED) is 0.569. The normalized spacial score (nSPS) is 19.8. The Morgan fingerprint density at radius 3 is 2.42 bits per heavy atom. The molecule has 0 saturated carbocycles. The highest BCUT2D eigenvalue weighted by atomic mass is 16.7. The fourth-order valence-corrected chi connectivity index (χ4v) is 5.34. The van der Waals surface area contributed by atoms with Crippen molar-refractivity contribution in [3.63, 3.8) is 0 Å². The number of anilines is 1. The summed E-state index contributed by atoms with van der Waals surface area (Å²) in [4.78, 5) is 44.8. The number of amides is 3. The third-order valence-electron chi connectivity index (χ3n) is 7.20. The smallest absolute Gasteiger partial charge is 0.243 e. The van der Waals surface area contributed by atoms with E-state index in [1.807, 2.05) is 44.2 Å². The molecule has 2 aromatic carbocycles. The highest BCUT2D eigenvalue weighted by Crippen LogP contribution is 2.32. The predicted molar refractivity (Wildman–Crippen MR) is 142 cm³/mol. The SMILES string of the molecule is Cc1cc(C)cc(NC(=O)CC2C(=O)NCCN2C(=O)CN2CCN(Cc3ccc4c(c3)OCO4)CC2)c1. The van der Waals surface area contributed by atoms with Crippen LogP contribution in [0.4, 0.5) is 5.69 Å². The third kappa shape index (κ3) is 6.25. The van der Waals surface area contributed by atoms with Gasteiger partial charge in [0.1, 0.15) is 6.04 Å². The minimum Gasteiger partial charge on any atom is -0.454 e. The summed E-state index contributed by atoms with van der Waals surface area (Å²) in [6.07, 6.45) is -0.0755. The van der Waals surface area contributed by atoms with Gasteiger partial charge >= 0.3 is 0 Å². The maximum atomic E-state index is 13.3. The molecule has 2 aromatic rings. The van der Waals surface area contributed by atoms with Crippen LogP contribution in [0.25, 0.3) is 0 Å². The minimum atomic E-state index is -0.811. The summed E-state index contributed by atoms with van der Waals surface area (Å²) >= 11 is 0. The summed E-state index contributed by atoms with van der Waals surface area (Å²) < 4.78 is 10.9. The van der Waals surface area contributed by atoms with Gasteiger partial charge in [0.25, 0.3) is 0 Å². The van der Waals surface area contributed by atoms with Gasteiger partial charge in [-0.1, -0.05) is 12.1 Å². The van der Waals surface area contributed by atoms with Gasteiger partial charge in [-0.2, -0.15) is 0 Å². The molecule has 0 radical (unpaired) electrons. The molecule has 3 amide bonds. The zero-order valence-corrected chi connectivity index (χ0v) is 22.0. The van der Waals surface area contributed by atoms with Gasteiger partial charge < -0.3 is 25.0 Å². The molecule has 10 nitrogen and oxygen atoms in total. The van der Waals surface area contributed by atoms with Crippen molar-refractivity contribution in [3.05, 3.63) is 53.1 Å². The standard InChI is InChI=1S/C28H35N5O5/c1-19-11-20(2)13-22(12-19)30-26(34)15-23-28(36)29-5-6-33(23)27(35)17-32-9-7-31(8-10-32)16-21-3-4-24-25(14-21)38-18-37-24/h3-4,11-14,23H,5-10,15-18H2,1-2H3,(H,29,36)(H,30,34). The van der Waals surface area contributed by atoms with E-state index in [2.05, 4.69) is 26.5 Å². The number of hydrogen-bond donors (Lipinski definition) is 2. The van der Waals surface area contributed by atoms with Gasteiger partial charge in [0.15, 0.2) is 11.5 Å². The van der Waals surface area contributed by atoms with Crippen molar-refractivity contribution in [2.24, 2.45) is 0 Å². The van der Waals surface area contributed by atoms with E-state index in [1.54, 1.807) is 4.90 Å². The van der Waals surface area contributed by atoms with E-state index in [0.717, 1.165) is 55.3 Å². The maximum absolute atomic E-state index is 13.3. The number of carbonyl (C=O) groups excluding carboxylic acids is 3. The number of nitrogens with zero attached hydrogens (tertiary/aromatic N) is 3. The van der Waals surface area contributed by atoms with Gasteiger partial charge in [-0.3, -0.25) is 24.2 Å². The Morgan fingerprint density at radius 2 is 1.66 bits per heavy atom. The molecule has 0 aliphatic carbocycles. The molecule has 3 heterocycles. The first-order valence-electron chi connectivity index (χ1n) is 13.1. The molecule has 1 unspecified atom stereocenters. The molecule has 0 bridgehead atoms. The van der Waals surface area contributed by atoms with Crippen LogP contribution in [0.1, 0.15) is 23.1 Å². The van der Waals surface area contributed by atoms with Crippen molar-refractivity contribution in [1.82, 2.24) is 20.0 Å². The second kappa shape index (κ2) is 11.4. The molecule has 10 heteroatoms. The highest BCUT2D eigenvalue weighted by Gasteiger charge is 2.35. The highest BCUT2D eigenvalue weighted by molar-refractivity contribution is 5.97. The van der Waals surface area contributed by atoms with Crippen molar-refractivity contribution < 1.29 is 23.9 Å². The van der Waals surface area contributed by atoms with E-state index < -0.39 is 6.04 Å². The third-order valence-corrected chi connectivity index (χ3v) is 7.20. The van der Waals surface area contributed by atoms with E-state index in [-0.39, 0.29) is 37.5 Å². The number of nitrogens with one attached hydrogen (secondary N) is 2. The van der Waals surface area contributed by atoms with Crippen molar-refractivity contribution in [2.45, 2.75) is 32.9 Å². The summed E-state index contributed by atoms with van der Waals surface area (Å²) in [5.41, 5.74) is 3.95. The van der Waals surface area contributed by atoms with Crippen LogP contribution in [0, 0.1) is 13.8 Å². The Morgan fingerprint density at radius 1 is 0.947 bits per heavy atom. The first-order chi connectivity index (χ1) is 18.3. The van der Waals surface area contributed by atoms with Crippen LogP contribution in [-0.4, -0.2) is 91.1 Å². The predicted octanol–water partition coefficient (Wildman–Crippen LogP) is 1.51.